The number of carbonyl (C=O) groups is 2. The van der Waals surface area contributed by atoms with Crippen molar-refractivity contribution >= 4 is 39.3 Å². The summed E-state index contributed by atoms with van der Waals surface area (Å²) in [6.07, 6.45) is 0.399. The molecule has 0 saturated carbocycles. The van der Waals surface area contributed by atoms with Crippen molar-refractivity contribution in [2.75, 3.05) is 13.2 Å². The molecule has 1 atom stereocenters. The SMILES string of the molecule is CCNC(=O)[C@@H](Cc1ccccc1)N(Cc1ccc(Br)cc1)C(=O)COc1ccc(Cl)cc1. The van der Waals surface area contributed by atoms with Crippen molar-refractivity contribution < 1.29 is 14.3 Å². The Morgan fingerprint density at radius 3 is 2.27 bits per heavy atom. The van der Waals surface area contributed by atoms with Gasteiger partial charge in [0.2, 0.25) is 5.91 Å². The predicted octanol–water partition coefficient (Wildman–Crippen LogP) is 5.26. The molecule has 0 bridgehead atoms. The zero-order valence-electron chi connectivity index (χ0n) is 18.3. The number of hydrogen-bond donors (Lipinski definition) is 1. The number of carbonyl (C=O) groups excluding carboxylic acids is 2. The van der Waals surface area contributed by atoms with Crippen LogP contribution >= 0.6 is 27.5 Å². The molecule has 2 amide bonds. The molecule has 3 aromatic rings. The van der Waals surface area contributed by atoms with E-state index in [0.717, 1.165) is 15.6 Å². The van der Waals surface area contributed by atoms with E-state index in [4.69, 9.17) is 16.3 Å². The Morgan fingerprint density at radius 1 is 0.970 bits per heavy atom. The summed E-state index contributed by atoms with van der Waals surface area (Å²) in [5.74, 6) is 0.0623. The summed E-state index contributed by atoms with van der Waals surface area (Å²) in [5, 5.41) is 3.47. The van der Waals surface area contributed by atoms with E-state index in [0.29, 0.717) is 23.7 Å². The summed E-state index contributed by atoms with van der Waals surface area (Å²) in [4.78, 5) is 28.1. The molecule has 172 valence electrons. The molecule has 1 N–H and O–H groups in total. The number of benzene rings is 3. The lowest BCUT2D eigenvalue weighted by molar-refractivity contribution is -0.142. The van der Waals surface area contributed by atoms with Crippen molar-refractivity contribution in [3.63, 3.8) is 0 Å². The van der Waals surface area contributed by atoms with Crippen molar-refractivity contribution in [1.82, 2.24) is 10.2 Å². The smallest absolute Gasteiger partial charge is 0.261 e. The number of ether oxygens (including phenoxy) is 1. The molecule has 0 fully saturated rings. The van der Waals surface area contributed by atoms with E-state index >= 15 is 0 Å². The first-order valence-corrected chi connectivity index (χ1v) is 11.9. The highest BCUT2D eigenvalue weighted by Crippen LogP contribution is 2.19. The molecule has 0 aromatic heterocycles. The zero-order chi connectivity index (χ0) is 23.6. The average Bonchev–Trinajstić information content (AvgIpc) is 2.82. The van der Waals surface area contributed by atoms with E-state index in [-0.39, 0.29) is 25.0 Å². The number of nitrogens with zero attached hydrogens (tertiary/aromatic N) is 1. The van der Waals surface area contributed by atoms with E-state index in [1.165, 1.54) is 0 Å². The molecule has 0 radical (unpaired) electrons. The van der Waals surface area contributed by atoms with Crippen LogP contribution < -0.4 is 10.1 Å². The number of amides is 2. The summed E-state index contributed by atoms with van der Waals surface area (Å²) in [6.45, 7) is 2.43. The molecular formula is C26H26BrClN2O3. The number of likely N-dealkylation sites (N-methyl/N-ethyl adjacent to an activating group) is 1. The van der Waals surface area contributed by atoms with Crippen LogP contribution in [-0.2, 0) is 22.6 Å². The number of rotatable bonds is 10. The first kappa shape index (κ1) is 24.8. The molecule has 3 rings (SSSR count). The standard InChI is InChI=1S/C26H26BrClN2O3/c1-2-29-26(32)24(16-19-6-4-3-5-7-19)30(17-20-8-10-21(27)11-9-20)25(31)18-33-23-14-12-22(28)13-15-23/h3-15,24H,2,16-18H2,1H3,(H,29,32)/t24-/m1/s1. The topological polar surface area (TPSA) is 58.6 Å². The number of halogens is 2. The molecule has 0 aliphatic rings. The highest BCUT2D eigenvalue weighted by atomic mass is 79.9. The van der Waals surface area contributed by atoms with Gasteiger partial charge in [0.15, 0.2) is 6.61 Å². The summed E-state index contributed by atoms with van der Waals surface area (Å²) in [7, 11) is 0. The summed E-state index contributed by atoms with van der Waals surface area (Å²) in [6, 6.07) is 23.5. The van der Waals surface area contributed by atoms with Gasteiger partial charge in [0.1, 0.15) is 11.8 Å². The van der Waals surface area contributed by atoms with Crippen LogP contribution in [0.1, 0.15) is 18.1 Å². The molecule has 33 heavy (non-hydrogen) atoms. The van der Waals surface area contributed by atoms with Crippen LogP contribution in [0.25, 0.3) is 0 Å². The first-order chi connectivity index (χ1) is 16.0. The van der Waals surface area contributed by atoms with Crippen molar-refractivity contribution in [2.24, 2.45) is 0 Å². The fraction of sp³-hybridized carbons (Fsp3) is 0.231. The highest BCUT2D eigenvalue weighted by Gasteiger charge is 2.30. The van der Waals surface area contributed by atoms with Gasteiger partial charge in [0.05, 0.1) is 0 Å². The summed E-state index contributed by atoms with van der Waals surface area (Å²) >= 11 is 9.37. The van der Waals surface area contributed by atoms with E-state index in [1.807, 2.05) is 61.5 Å². The van der Waals surface area contributed by atoms with E-state index in [9.17, 15) is 9.59 Å². The van der Waals surface area contributed by atoms with Crippen LogP contribution in [0.15, 0.2) is 83.3 Å². The van der Waals surface area contributed by atoms with E-state index in [2.05, 4.69) is 21.2 Å². The van der Waals surface area contributed by atoms with Crippen molar-refractivity contribution in [3.8, 4) is 5.75 Å². The number of nitrogens with one attached hydrogen (secondary N) is 1. The zero-order valence-corrected chi connectivity index (χ0v) is 20.7. The molecule has 7 heteroatoms. The van der Waals surface area contributed by atoms with Gasteiger partial charge < -0.3 is 15.0 Å². The second-order valence-corrected chi connectivity index (χ2v) is 8.84. The van der Waals surface area contributed by atoms with Gasteiger partial charge in [-0.15, -0.1) is 0 Å². The van der Waals surface area contributed by atoms with Gasteiger partial charge >= 0.3 is 0 Å². The highest BCUT2D eigenvalue weighted by molar-refractivity contribution is 9.10. The molecule has 0 aliphatic carbocycles. The maximum Gasteiger partial charge on any atom is 0.261 e. The fourth-order valence-corrected chi connectivity index (χ4v) is 3.78. The summed E-state index contributed by atoms with van der Waals surface area (Å²) < 4.78 is 6.66. The molecular weight excluding hydrogens is 504 g/mol. The lowest BCUT2D eigenvalue weighted by atomic mass is 10.0. The third kappa shape index (κ3) is 7.62. The minimum atomic E-state index is -0.683. The molecule has 0 spiro atoms. The van der Waals surface area contributed by atoms with Crippen LogP contribution in [-0.4, -0.2) is 35.9 Å². The Bertz CT molecular complexity index is 1040. The minimum absolute atomic E-state index is 0.192. The Hall–Kier alpha value is -2.83. The molecule has 0 saturated heterocycles. The van der Waals surface area contributed by atoms with E-state index < -0.39 is 6.04 Å². The second kappa shape index (κ2) is 12.4. The van der Waals surface area contributed by atoms with Gasteiger partial charge in [-0.2, -0.15) is 0 Å². The van der Waals surface area contributed by atoms with Gasteiger partial charge in [-0.25, -0.2) is 0 Å². The van der Waals surface area contributed by atoms with Crippen LogP contribution in [0.3, 0.4) is 0 Å². The van der Waals surface area contributed by atoms with Gasteiger partial charge in [0.25, 0.3) is 5.91 Å². The molecule has 5 nitrogen and oxygen atoms in total. The van der Waals surface area contributed by atoms with Crippen molar-refractivity contribution in [1.29, 1.82) is 0 Å². The molecule has 0 heterocycles. The molecule has 0 aliphatic heterocycles. The summed E-state index contributed by atoms with van der Waals surface area (Å²) in [5.41, 5.74) is 1.89. The number of hydrogen-bond acceptors (Lipinski definition) is 3. The maximum atomic E-state index is 13.4. The monoisotopic (exact) mass is 528 g/mol. The first-order valence-electron chi connectivity index (χ1n) is 10.7. The van der Waals surface area contributed by atoms with Gasteiger partial charge in [0, 0.05) is 29.0 Å². The largest absolute Gasteiger partial charge is 0.484 e. The molecule has 3 aromatic carbocycles. The lowest BCUT2D eigenvalue weighted by Gasteiger charge is -2.31. The average molecular weight is 530 g/mol. The lowest BCUT2D eigenvalue weighted by Crippen LogP contribution is -2.51. The quantitative estimate of drug-likeness (QED) is 0.390. The Morgan fingerprint density at radius 2 is 1.64 bits per heavy atom. The maximum absolute atomic E-state index is 13.4. The normalized spacial score (nSPS) is 11.5. The third-order valence-electron chi connectivity index (χ3n) is 5.06. The Balaban J connectivity index is 1.87. The van der Waals surface area contributed by atoms with Crippen LogP contribution in [0.4, 0.5) is 0 Å². The third-order valence-corrected chi connectivity index (χ3v) is 5.84. The van der Waals surface area contributed by atoms with Crippen molar-refractivity contribution in [3.05, 3.63) is 99.5 Å². The van der Waals surface area contributed by atoms with Crippen LogP contribution in [0.2, 0.25) is 5.02 Å². The Labute approximate surface area is 207 Å². The van der Waals surface area contributed by atoms with Gasteiger partial charge in [-0.05, 0) is 54.4 Å². The molecule has 0 unspecified atom stereocenters. The fourth-order valence-electron chi connectivity index (χ4n) is 3.39. The Kier molecular flexibility index (Phi) is 9.34. The van der Waals surface area contributed by atoms with Crippen molar-refractivity contribution in [2.45, 2.75) is 25.9 Å². The van der Waals surface area contributed by atoms with Gasteiger partial charge in [-0.3, -0.25) is 9.59 Å². The second-order valence-electron chi connectivity index (χ2n) is 7.49. The van der Waals surface area contributed by atoms with Crippen LogP contribution in [0.5, 0.6) is 5.75 Å². The predicted molar refractivity (Wildman–Crippen MR) is 134 cm³/mol. The van der Waals surface area contributed by atoms with Gasteiger partial charge in [-0.1, -0.05) is 70.0 Å². The van der Waals surface area contributed by atoms with E-state index in [1.54, 1.807) is 29.2 Å². The van der Waals surface area contributed by atoms with Crippen LogP contribution in [0, 0.1) is 0 Å². The minimum Gasteiger partial charge on any atom is -0.484 e.